The minimum absolute atomic E-state index is 0.0743. The molecule has 7 nitrogen and oxygen atoms in total. The summed E-state index contributed by atoms with van der Waals surface area (Å²) in [6, 6.07) is 7.59. The number of nitrogens with one attached hydrogen (secondary N) is 1. The van der Waals surface area contributed by atoms with Crippen LogP contribution in [-0.4, -0.2) is 67.0 Å². The second-order valence-electron chi connectivity index (χ2n) is 6.45. The number of halogens is 1. The molecule has 0 saturated carbocycles. The van der Waals surface area contributed by atoms with Gasteiger partial charge in [-0.15, -0.1) is 0 Å². The predicted molar refractivity (Wildman–Crippen MR) is 93.9 cm³/mol. The molecule has 3 amide bonds. The molecular weight excluding hydrogens is 337 g/mol. The van der Waals surface area contributed by atoms with Gasteiger partial charge in [0.1, 0.15) is 11.9 Å². The van der Waals surface area contributed by atoms with E-state index in [1.54, 1.807) is 26.8 Å². The van der Waals surface area contributed by atoms with E-state index in [0.29, 0.717) is 38.4 Å². The molecule has 0 radical (unpaired) electrons. The monoisotopic (exact) mass is 359 g/mol. The zero-order valence-corrected chi connectivity index (χ0v) is 14.5. The van der Waals surface area contributed by atoms with Gasteiger partial charge in [-0.1, -0.05) is 0 Å². The van der Waals surface area contributed by atoms with Crippen molar-refractivity contribution in [2.75, 3.05) is 44.2 Å². The van der Waals surface area contributed by atoms with Gasteiger partial charge in [0.15, 0.2) is 0 Å². The number of benzene rings is 1. The number of nitrogens with zero attached hydrogens (tertiary/aromatic N) is 4. The summed E-state index contributed by atoms with van der Waals surface area (Å²) >= 11 is 0. The maximum atomic E-state index is 13.0. The molecule has 2 fully saturated rings. The molecule has 0 spiro atoms. The lowest BCUT2D eigenvalue weighted by Gasteiger charge is -2.21. The molecular formula is C18H22FN5O2. The molecule has 2 aliphatic rings. The quantitative estimate of drug-likeness (QED) is 0.774. The number of hydrogen-bond acceptors (Lipinski definition) is 4. The summed E-state index contributed by atoms with van der Waals surface area (Å²) in [7, 11) is 0. The number of rotatable bonds is 6. The van der Waals surface area contributed by atoms with E-state index in [4.69, 9.17) is 5.26 Å². The first-order chi connectivity index (χ1) is 12.6. The topological polar surface area (TPSA) is 79.7 Å². The minimum atomic E-state index is -0.331. The van der Waals surface area contributed by atoms with Crippen molar-refractivity contribution in [3.05, 3.63) is 30.1 Å². The Hall–Kier alpha value is -2.66. The Morgan fingerprint density at radius 1 is 1.27 bits per heavy atom. The van der Waals surface area contributed by atoms with Gasteiger partial charge in [-0.05, 0) is 37.1 Å². The number of nitriles is 1. The second-order valence-corrected chi connectivity index (χ2v) is 6.45. The van der Waals surface area contributed by atoms with Gasteiger partial charge in [0, 0.05) is 38.4 Å². The number of likely N-dealkylation sites (tertiary alicyclic amines) is 1. The summed E-state index contributed by atoms with van der Waals surface area (Å²) in [4.78, 5) is 29.5. The summed E-state index contributed by atoms with van der Waals surface area (Å²) in [5, 5.41) is 12.1. The smallest absolute Gasteiger partial charge is 0.324 e. The van der Waals surface area contributed by atoms with Crippen LogP contribution in [0.1, 0.15) is 12.8 Å². The van der Waals surface area contributed by atoms with E-state index in [1.807, 2.05) is 0 Å². The summed E-state index contributed by atoms with van der Waals surface area (Å²) in [5.74, 6) is -0.405. The van der Waals surface area contributed by atoms with Crippen molar-refractivity contribution < 1.29 is 14.0 Å². The predicted octanol–water partition coefficient (Wildman–Crippen LogP) is 1.17. The number of carbonyl (C=O) groups excluding carboxylic acids is 2. The Kier molecular flexibility index (Phi) is 5.68. The third kappa shape index (κ3) is 3.94. The van der Waals surface area contributed by atoms with Crippen molar-refractivity contribution in [2.45, 2.75) is 18.9 Å². The fraction of sp³-hybridized carbons (Fsp3) is 0.500. The van der Waals surface area contributed by atoms with Crippen LogP contribution in [0.4, 0.5) is 14.9 Å². The molecule has 1 N–H and O–H groups in total. The zero-order valence-electron chi connectivity index (χ0n) is 14.5. The van der Waals surface area contributed by atoms with Crippen molar-refractivity contribution in [1.29, 1.82) is 5.26 Å². The standard InChI is InChI=1S/C18H22FN5O2/c19-14-3-5-15(6-4-14)24-11-10-22(18(24)26)9-7-21-13-17(25)23-8-1-2-16(23)12-20/h3-6,16,21H,1-2,7-11,13H2. The summed E-state index contributed by atoms with van der Waals surface area (Å²) in [5.41, 5.74) is 0.679. The Labute approximate surface area is 152 Å². The molecule has 8 heteroatoms. The van der Waals surface area contributed by atoms with E-state index in [2.05, 4.69) is 11.4 Å². The van der Waals surface area contributed by atoms with E-state index < -0.39 is 0 Å². The van der Waals surface area contributed by atoms with Gasteiger partial charge >= 0.3 is 6.03 Å². The van der Waals surface area contributed by atoms with Gasteiger partial charge in [0.05, 0.1) is 12.6 Å². The molecule has 1 aromatic rings. The molecule has 0 bridgehead atoms. The van der Waals surface area contributed by atoms with Crippen LogP contribution in [0.15, 0.2) is 24.3 Å². The van der Waals surface area contributed by atoms with Crippen molar-refractivity contribution in [2.24, 2.45) is 0 Å². The maximum absolute atomic E-state index is 13.0. The van der Waals surface area contributed by atoms with Crippen LogP contribution in [-0.2, 0) is 4.79 Å². The van der Waals surface area contributed by atoms with E-state index in [0.717, 1.165) is 12.8 Å². The SMILES string of the molecule is N#CC1CCCN1C(=O)CNCCN1CCN(c2ccc(F)cc2)C1=O. The van der Waals surface area contributed by atoms with Crippen molar-refractivity contribution >= 4 is 17.6 Å². The fourth-order valence-corrected chi connectivity index (χ4v) is 3.36. The number of urea groups is 1. The highest BCUT2D eigenvalue weighted by atomic mass is 19.1. The minimum Gasteiger partial charge on any atom is -0.326 e. The van der Waals surface area contributed by atoms with Crippen molar-refractivity contribution in [3.63, 3.8) is 0 Å². The van der Waals surface area contributed by atoms with Crippen LogP contribution >= 0.6 is 0 Å². The number of anilines is 1. The Balaban J connectivity index is 1.42. The highest BCUT2D eigenvalue weighted by Crippen LogP contribution is 2.20. The lowest BCUT2D eigenvalue weighted by Crippen LogP contribution is -2.43. The molecule has 1 atom stereocenters. The molecule has 0 aliphatic carbocycles. The first-order valence-corrected chi connectivity index (χ1v) is 8.82. The summed E-state index contributed by atoms with van der Waals surface area (Å²) in [6.07, 6.45) is 1.61. The van der Waals surface area contributed by atoms with Gasteiger partial charge in [0.25, 0.3) is 0 Å². The van der Waals surface area contributed by atoms with Crippen LogP contribution in [0, 0.1) is 17.1 Å². The van der Waals surface area contributed by atoms with Gasteiger partial charge < -0.3 is 15.1 Å². The number of hydrogen-bond donors (Lipinski definition) is 1. The van der Waals surface area contributed by atoms with E-state index >= 15 is 0 Å². The third-order valence-electron chi connectivity index (χ3n) is 4.79. The highest BCUT2D eigenvalue weighted by Gasteiger charge is 2.30. The van der Waals surface area contributed by atoms with Crippen LogP contribution in [0.25, 0.3) is 0 Å². The van der Waals surface area contributed by atoms with Crippen LogP contribution < -0.4 is 10.2 Å². The summed E-state index contributed by atoms with van der Waals surface area (Å²) < 4.78 is 13.0. The molecule has 2 saturated heterocycles. The molecule has 3 rings (SSSR count). The number of amides is 3. The van der Waals surface area contributed by atoms with Crippen LogP contribution in [0.2, 0.25) is 0 Å². The van der Waals surface area contributed by atoms with E-state index in [9.17, 15) is 14.0 Å². The normalized spacial score (nSPS) is 19.9. The highest BCUT2D eigenvalue weighted by molar-refractivity contribution is 5.94. The Morgan fingerprint density at radius 2 is 2.04 bits per heavy atom. The van der Waals surface area contributed by atoms with Gasteiger partial charge in [-0.3, -0.25) is 9.69 Å². The first kappa shape index (κ1) is 18.1. The van der Waals surface area contributed by atoms with Crippen molar-refractivity contribution in [3.8, 4) is 6.07 Å². The van der Waals surface area contributed by atoms with Crippen LogP contribution in [0.5, 0.6) is 0 Å². The molecule has 1 aromatic carbocycles. The fourth-order valence-electron chi connectivity index (χ4n) is 3.36. The average molecular weight is 359 g/mol. The molecule has 138 valence electrons. The Bertz CT molecular complexity index is 703. The average Bonchev–Trinajstić information content (AvgIpc) is 3.26. The molecule has 26 heavy (non-hydrogen) atoms. The van der Waals surface area contributed by atoms with Gasteiger partial charge in [0.2, 0.25) is 5.91 Å². The lowest BCUT2D eigenvalue weighted by molar-refractivity contribution is -0.130. The van der Waals surface area contributed by atoms with Crippen LogP contribution in [0.3, 0.4) is 0 Å². The maximum Gasteiger partial charge on any atom is 0.324 e. The third-order valence-corrected chi connectivity index (χ3v) is 4.79. The van der Waals surface area contributed by atoms with Crippen molar-refractivity contribution in [1.82, 2.24) is 15.1 Å². The molecule has 2 aliphatic heterocycles. The Morgan fingerprint density at radius 3 is 2.77 bits per heavy atom. The van der Waals surface area contributed by atoms with Gasteiger partial charge in [-0.25, -0.2) is 9.18 Å². The first-order valence-electron chi connectivity index (χ1n) is 8.82. The number of carbonyl (C=O) groups is 2. The van der Waals surface area contributed by atoms with E-state index in [1.165, 1.54) is 12.1 Å². The second kappa shape index (κ2) is 8.15. The molecule has 1 unspecified atom stereocenters. The zero-order chi connectivity index (χ0) is 18.5. The largest absolute Gasteiger partial charge is 0.326 e. The van der Waals surface area contributed by atoms with E-state index in [-0.39, 0.29) is 30.3 Å². The summed E-state index contributed by atoms with van der Waals surface area (Å²) in [6.45, 7) is 2.94. The van der Waals surface area contributed by atoms with Gasteiger partial charge in [-0.2, -0.15) is 5.26 Å². The lowest BCUT2D eigenvalue weighted by atomic mass is 10.2. The molecule has 2 heterocycles. The molecule has 0 aromatic heterocycles.